The topological polar surface area (TPSA) is 48.4 Å². The third-order valence-electron chi connectivity index (χ3n) is 6.37. The van der Waals surface area contributed by atoms with Crippen molar-refractivity contribution < 1.29 is 14.3 Å². The zero-order valence-electron chi connectivity index (χ0n) is 22.0. The van der Waals surface area contributed by atoms with E-state index in [1.807, 2.05) is 54.6 Å². The Labute approximate surface area is 217 Å². The number of aromatic nitrogens is 1. The molecule has 0 spiro atoms. The maximum Gasteiger partial charge on any atom is 0.343 e. The number of ether oxygens (including phenoxy) is 2. The molecule has 192 valence electrons. The van der Waals surface area contributed by atoms with Crippen LogP contribution < -0.4 is 9.47 Å². The number of unbranched alkanes of at least 4 members (excludes halogenated alkanes) is 8. The van der Waals surface area contributed by atoms with E-state index in [4.69, 9.17) is 9.47 Å². The molecule has 0 aliphatic carbocycles. The summed E-state index contributed by atoms with van der Waals surface area (Å²) in [5.74, 6) is 0.946. The largest absolute Gasteiger partial charge is 0.494 e. The van der Waals surface area contributed by atoms with Crippen LogP contribution >= 0.6 is 0 Å². The molecule has 0 aliphatic rings. The lowest BCUT2D eigenvalue weighted by Gasteiger charge is -2.08. The number of esters is 1. The molecule has 0 N–H and O–H groups in total. The summed E-state index contributed by atoms with van der Waals surface area (Å²) < 4.78 is 11.4. The second-order valence-corrected chi connectivity index (χ2v) is 9.42. The average molecular weight is 488 g/mol. The van der Waals surface area contributed by atoms with E-state index in [9.17, 15) is 4.79 Å². The van der Waals surface area contributed by atoms with Gasteiger partial charge in [-0.15, -0.1) is 0 Å². The number of nitrogens with zero attached hydrogens (tertiary/aromatic N) is 1. The Morgan fingerprint density at radius 1 is 0.694 bits per heavy atom. The van der Waals surface area contributed by atoms with Crippen LogP contribution in [0.4, 0.5) is 0 Å². The van der Waals surface area contributed by atoms with E-state index in [2.05, 4.69) is 18.8 Å². The quantitative estimate of drug-likeness (QED) is 0.150. The molecule has 4 heteroatoms. The van der Waals surface area contributed by atoms with E-state index in [-0.39, 0.29) is 5.97 Å². The van der Waals surface area contributed by atoms with Gasteiger partial charge < -0.3 is 9.47 Å². The van der Waals surface area contributed by atoms with Crippen molar-refractivity contribution in [1.29, 1.82) is 0 Å². The molecule has 0 saturated carbocycles. The van der Waals surface area contributed by atoms with Crippen LogP contribution in [0.5, 0.6) is 11.5 Å². The molecule has 36 heavy (non-hydrogen) atoms. The van der Waals surface area contributed by atoms with Crippen LogP contribution in [0.3, 0.4) is 0 Å². The monoisotopic (exact) mass is 487 g/mol. The van der Waals surface area contributed by atoms with Crippen LogP contribution in [-0.2, 0) is 6.42 Å². The first-order valence-electron chi connectivity index (χ1n) is 13.7. The van der Waals surface area contributed by atoms with Crippen molar-refractivity contribution >= 4 is 5.97 Å². The Balaban J connectivity index is 1.41. The van der Waals surface area contributed by atoms with E-state index >= 15 is 0 Å². The molecule has 0 aliphatic heterocycles. The molecule has 3 rings (SSSR count). The highest BCUT2D eigenvalue weighted by atomic mass is 16.5. The average Bonchev–Trinajstić information content (AvgIpc) is 2.92. The summed E-state index contributed by atoms with van der Waals surface area (Å²) in [4.78, 5) is 16.9. The van der Waals surface area contributed by atoms with Gasteiger partial charge in [0, 0.05) is 5.56 Å². The molecule has 1 aromatic heterocycles. The van der Waals surface area contributed by atoms with Crippen LogP contribution in [0.25, 0.3) is 11.3 Å². The van der Waals surface area contributed by atoms with Crippen LogP contribution in [0.15, 0.2) is 66.9 Å². The predicted molar refractivity (Wildman–Crippen MR) is 148 cm³/mol. The van der Waals surface area contributed by atoms with Crippen LogP contribution in [0, 0.1) is 0 Å². The number of carbonyl (C=O) groups is 1. The SMILES string of the molecule is CCCCCCCCCCOc1ccc(-c2ccc(OC(=O)c3ccc(CCCC)cc3)cn2)cc1. The number of pyridine rings is 1. The fourth-order valence-corrected chi connectivity index (χ4v) is 4.11. The second-order valence-electron chi connectivity index (χ2n) is 9.42. The molecular weight excluding hydrogens is 446 g/mol. The van der Waals surface area contributed by atoms with Crippen LogP contribution in [0.2, 0.25) is 0 Å². The van der Waals surface area contributed by atoms with Crippen molar-refractivity contribution in [3.05, 3.63) is 78.0 Å². The molecule has 0 amide bonds. The maximum absolute atomic E-state index is 12.5. The number of hydrogen-bond acceptors (Lipinski definition) is 4. The number of rotatable bonds is 16. The third kappa shape index (κ3) is 9.49. The zero-order chi connectivity index (χ0) is 25.4. The lowest BCUT2D eigenvalue weighted by molar-refractivity contribution is 0.0734. The maximum atomic E-state index is 12.5. The van der Waals surface area contributed by atoms with E-state index in [0.29, 0.717) is 11.3 Å². The number of aryl methyl sites for hydroxylation is 1. The summed E-state index contributed by atoms with van der Waals surface area (Å²) in [6, 6.07) is 19.3. The highest BCUT2D eigenvalue weighted by molar-refractivity contribution is 5.91. The molecule has 0 bridgehead atoms. The Kier molecular flexibility index (Phi) is 12.0. The molecule has 2 aromatic carbocycles. The van der Waals surface area contributed by atoms with Crippen LogP contribution in [-0.4, -0.2) is 17.6 Å². The highest BCUT2D eigenvalue weighted by Gasteiger charge is 2.09. The minimum absolute atomic E-state index is 0.371. The van der Waals surface area contributed by atoms with Gasteiger partial charge in [0.15, 0.2) is 0 Å². The summed E-state index contributed by atoms with van der Waals surface area (Å²) in [5, 5.41) is 0. The smallest absolute Gasteiger partial charge is 0.343 e. The van der Waals surface area contributed by atoms with Gasteiger partial charge in [0.05, 0.1) is 24.1 Å². The molecule has 1 heterocycles. The van der Waals surface area contributed by atoms with Gasteiger partial charge in [-0.2, -0.15) is 0 Å². The van der Waals surface area contributed by atoms with Crippen molar-refractivity contribution in [3.8, 4) is 22.8 Å². The van der Waals surface area contributed by atoms with Gasteiger partial charge >= 0.3 is 5.97 Å². The molecule has 0 fully saturated rings. The molecule has 0 saturated heterocycles. The summed E-state index contributed by atoms with van der Waals surface area (Å²) in [6.07, 6.45) is 15.3. The van der Waals surface area contributed by atoms with E-state index in [1.54, 1.807) is 12.3 Å². The minimum atomic E-state index is -0.371. The van der Waals surface area contributed by atoms with Gasteiger partial charge in [-0.1, -0.05) is 77.3 Å². The first kappa shape index (κ1) is 27.4. The molecular formula is C32H41NO3. The predicted octanol–water partition coefficient (Wildman–Crippen LogP) is 8.83. The van der Waals surface area contributed by atoms with Crippen molar-refractivity contribution in [2.45, 2.75) is 84.5 Å². The zero-order valence-corrected chi connectivity index (χ0v) is 22.0. The first-order valence-corrected chi connectivity index (χ1v) is 13.7. The van der Waals surface area contributed by atoms with Gasteiger partial charge in [-0.05, 0) is 73.4 Å². The van der Waals surface area contributed by atoms with E-state index in [1.165, 1.54) is 50.5 Å². The van der Waals surface area contributed by atoms with E-state index < -0.39 is 0 Å². The van der Waals surface area contributed by atoms with Crippen LogP contribution in [0.1, 0.15) is 94.0 Å². The van der Waals surface area contributed by atoms with Crippen molar-refractivity contribution in [3.63, 3.8) is 0 Å². The molecule has 0 unspecified atom stereocenters. The normalized spacial score (nSPS) is 10.8. The summed E-state index contributed by atoms with van der Waals surface area (Å²) >= 11 is 0. The second kappa shape index (κ2) is 15.8. The van der Waals surface area contributed by atoms with Crippen molar-refractivity contribution in [1.82, 2.24) is 4.98 Å². The summed E-state index contributed by atoms with van der Waals surface area (Å²) in [7, 11) is 0. The van der Waals surface area contributed by atoms with Gasteiger partial charge in [-0.3, -0.25) is 4.98 Å². The Bertz CT molecular complexity index is 1010. The van der Waals surface area contributed by atoms with E-state index in [0.717, 1.165) is 49.3 Å². The molecule has 3 aromatic rings. The summed E-state index contributed by atoms with van der Waals surface area (Å²) in [6.45, 7) is 5.19. The fraction of sp³-hybridized carbons (Fsp3) is 0.438. The van der Waals surface area contributed by atoms with Gasteiger partial charge in [-0.25, -0.2) is 4.79 Å². The molecule has 0 atom stereocenters. The fourth-order valence-electron chi connectivity index (χ4n) is 4.11. The lowest BCUT2D eigenvalue weighted by Crippen LogP contribution is -2.08. The van der Waals surface area contributed by atoms with Crippen molar-refractivity contribution in [2.75, 3.05) is 6.61 Å². The molecule has 4 nitrogen and oxygen atoms in total. The van der Waals surface area contributed by atoms with Gasteiger partial charge in [0.2, 0.25) is 0 Å². The van der Waals surface area contributed by atoms with Gasteiger partial charge in [0.25, 0.3) is 0 Å². The highest BCUT2D eigenvalue weighted by Crippen LogP contribution is 2.23. The number of hydrogen-bond donors (Lipinski definition) is 0. The number of benzene rings is 2. The third-order valence-corrected chi connectivity index (χ3v) is 6.37. The standard InChI is InChI=1S/C32H41NO3/c1-3-5-7-8-9-10-11-12-24-35-29-20-18-27(19-21-29)31-23-22-30(25-33-31)36-32(34)28-16-14-26(15-17-28)13-6-4-2/h14-23,25H,3-13,24H2,1-2H3. The Morgan fingerprint density at radius 2 is 1.33 bits per heavy atom. The number of carbonyl (C=O) groups excluding carboxylic acids is 1. The summed E-state index contributed by atoms with van der Waals surface area (Å²) in [5.41, 5.74) is 3.60. The Hall–Kier alpha value is -3.14. The molecule has 0 radical (unpaired) electrons. The minimum Gasteiger partial charge on any atom is -0.494 e. The Morgan fingerprint density at radius 3 is 1.97 bits per heavy atom. The van der Waals surface area contributed by atoms with Gasteiger partial charge in [0.1, 0.15) is 11.5 Å². The van der Waals surface area contributed by atoms with Crippen molar-refractivity contribution in [2.24, 2.45) is 0 Å². The lowest BCUT2D eigenvalue weighted by atomic mass is 10.1. The first-order chi connectivity index (χ1) is 17.7.